The average Bonchev–Trinajstić information content (AvgIpc) is 2.83. The molecule has 1 aliphatic carbocycles. The van der Waals surface area contributed by atoms with Crippen LogP contribution in [-0.2, 0) is 7.05 Å². The number of rotatable bonds is 3. The quantitative estimate of drug-likeness (QED) is 0.849. The van der Waals surface area contributed by atoms with Gasteiger partial charge in [-0.05, 0) is 31.6 Å². The van der Waals surface area contributed by atoms with E-state index in [0.29, 0.717) is 11.9 Å². The van der Waals surface area contributed by atoms with Crippen molar-refractivity contribution >= 4 is 12.0 Å². The molecule has 2 amide bonds. The molecule has 0 bridgehead atoms. The third-order valence-corrected chi connectivity index (χ3v) is 3.87. The first kappa shape index (κ1) is 13.8. The highest BCUT2D eigenvalue weighted by molar-refractivity contribution is 5.87. The predicted octanol–water partition coefficient (Wildman–Crippen LogP) is 0.830. The van der Waals surface area contributed by atoms with Crippen LogP contribution in [0.2, 0.25) is 0 Å². The fraction of sp³-hybridized carbons (Fsp3) is 0.750. The number of aryl methyl sites for hydroxylation is 1. The number of carbonyl (C=O) groups excluding carboxylic acids is 1. The van der Waals surface area contributed by atoms with Crippen molar-refractivity contribution in [3.63, 3.8) is 0 Å². The highest BCUT2D eigenvalue weighted by Gasteiger charge is 2.26. The second-order valence-corrected chi connectivity index (χ2v) is 5.11. The highest BCUT2D eigenvalue weighted by atomic mass is 16.3. The van der Waals surface area contributed by atoms with Gasteiger partial charge in [-0.3, -0.25) is 5.32 Å². The number of hydrogen-bond acceptors (Lipinski definition) is 4. The van der Waals surface area contributed by atoms with Gasteiger partial charge in [0.05, 0.1) is 0 Å². The summed E-state index contributed by atoms with van der Waals surface area (Å²) in [5.74, 6) is 0.840. The summed E-state index contributed by atoms with van der Waals surface area (Å²) in [5, 5.41) is 15.8. The lowest BCUT2D eigenvalue weighted by atomic mass is 9.86. The fourth-order valence-corrected chi connectivity index (χ4v) is 2.47. The topological polar surface area (TPSA) is 83.3 Å². The van der Waals surface area contributed by atoms with Gasteiger partial charge in [0.25, 0.3) is 0 Å². The van der Waals surface area contributed by atoms with Gasteiger partial charge in [0, 0.05) is 26.7 Å². The van der Waals surface area contributed by atoms with E-state index in [0.717, 1.165) is 25.7 Å². The van der Waals surface area contributed by atoms with Crippen LogP contribution in [0.3, 0.4) is 0 Å². The molecule has 0 saturated heterocycles. The first-order valence-corrected chi connectivity index (χ1v) is 6.60. The summed E-state index contributed by atoms with van der Waals surface area (Å²) < 4.78 is 1.52. The minimum Gasteiger partial charge on any atom is -0.396 e. The summed E-state index contributed by atoms with van der Waals surface area (Å²) in [6.07, 6.45) is 5.23. The molecule has 7 heteroatoms. The molecule has 1 aromatic heterocycles. The molecule has 2 rings (SSSR count). The maximum atomic E-state index is 12.1. The first-order chi connectivity index (χ1) is 9.11. The van der Waals surface area contributed by atoms with Crippen LogP contribution >= 0.6 is 0 Å². The summed E-state index contributed by atoms with van der Waals surface area (Å²) in [7, 11) is 3.53. The molecule has 0 aromatic carbocycles. The molecule has 19 heavy (non-hydrogen) atoms. The molecule has 106 valence electrons. The molecule has 1 aromatic rings. The van der Waals surface area contributed by atoms with Crippen LogP contribution in [0, 0.1) is 5.92 Å². The monoisotopic (exact) mass is 267 g/mol. The van der Waals surface area contributed by atoms with Crippen molar-refractivity contribution in [2.75, 3.05) is 19.0 Å². The van der Waals surface area contributed by atoms with Gasteiger partial charge >= 0.3 is 6.03 Å². The van der Waals surface area contributed by atoms with E-state index in [2.05, 4.69) is 15.4 Å². The van der Waals surface area contributed by atoms with Gasteiger partial charge in [-0.2, -0.15) is 10.1 Å². The second kappa shape index (κ2) is 6.01. The van der Waals surface area contributed by atoms with Crippen LogP contribution in [-0.4, -0.2) is 50.5 Å². The van der Waals surface area contributed by atoms with Crippen molar-refractivity contribution < 1.29 is 9.90 Å². The lowest BCUT2D eigenvalue weighted by Gasteiger charge is -2.33. The predicted molar refractivity (Wildman–Crippen MR) is 70.6 cm³/mol. The SMILES string of the molecule is CN(C(=O)Nc1ncnn1C)C1CCC(CO)CC1. The number of urea groups is 1. The zero-order valence-electron chi connectivity index (χ0n) is 11.4. The molecule has 0 radical (unpaired) electrons. The summed E-state index contributed by atoms with van der Waals surface area (Å²) in [6.45, 7) is 0.252. The largest absolute Gasteiger partial charge is 0.396 e. The number of carbonyl (C=O) groups is 1. The van der Waals surface area contributed by atoms with Crippen LogP contribution in [0.25, 0.3) is 0 Å². The maximum Gasteiger partial charge on any atom is 0.324 e. The minimum atomic E-state index is -0.163. The fourth-order valence-electron chi connectivity index (χ4n) is 2.47. The third-order valence-electron chi connectivity index (χ3n) is 3.87. The number of nitrogens with one attached hydrogen (secondary N) is 1. The molecule has 1 saturated carbocycles. The lowest BCUT2D eigenvalue weighted by Crippen LogP contribution is -2.42. The van der Waals surface area contributed by atoms with Crippen LogP contribution < -0.4 is 5.32 Å². The van der Waals surface area contributed by atoms with Crippen LogP contribution in [0.15, 0.2) is 6.33 Å². The molecule has 1 aliphatic rings. The van der Waals surface area contributed by atoms with E-state index in [1.807, 2.05) is 0 Å². The Hall–Kier alpha value is -1.63. The molecule has 1 heterocycles. The Morgan fingerprint density at radius 2 is 2.21 bits per heavy atom. The normalized spacial score (nSPS) is 23.1. The Morgan fingerprint density at radius 1 is 1.53 bits per heavy atom. The van der Waals surface area contributed by atoms with Crippen molar-refractivity contribution in [1.29, 1.82) is 0 Å². The van der Waals surface area contributed by atoms with Gasteiger partial charge in [-0.25, -0.2) is 9.48 Å². The third kappa shape index (κ3) is 3.23. The van der Waals surface area contributed by atoms with E-state index in [4.69, 9.17) is 5.11 Å². The lowest BCUT2D eigenvalue weighted by molar-refractivity contribution is 0.139. The molecular weight excluding hydrogens is 246 g/mol. The maximum absolute atomic E-state index is 12.1. The van der Waals surface area contributed by atoms with Crippen LogP contribution in [0.4, 0.5) is 10.7 Å². The van der Waals surface area contributed by atoms with E-state index in [1.165, 1.54) is 11.0 Å². The zero-order chi connectivity index (χ0) is 13.8. The Bertz CT molecular complexity index is 426. The Labute approximate surface area is 112 Å². The number of hydrogen-bond donors (Lipinski definition) is 2. The van der Waals surface area contributed by atoms with E-state index in [1.54, 1.807) is 19.0 Å². The van der Waals surface area contributed by atoms with Gasteiger partial charge in [0.2, 0.25) is 5.95 Å². The van der Waals surface area contributed by atoms with Gasteiger partial charge in [0.1, 0.15) is 6.33 Å². The van der Waals surface area contributed by atoms with E-state index >= 15 is 0 Å². The number of anilines is 1. The number of nitrogens with zero attached hydrogens (tertiary/aromatic N) is 4. The Kier molecular flexibility index (Phi) is 4.36. The molecule has 7 nitrogen and oxygen atoms in total. The summed E-state index contributed by atoms with van der Waals surface area (Å²) in [5.41, 5.74) is 0. The summed E-state index contributed by atoms with van der Waals surface area (Å²) in [6, 6.07) is 0.0691. The minimum absolute atomic E-state index is 0.163. The highest BCUT2D eigenvalue weighted by Crippen LogP contribution is 2.26. The van der Waals surface area contributed by atoms with Crippen LogP contribution in [0.5, 0.6) is 0 Å². The zero-order valence-corrected chi connectivity index (χ0v) is 11.4. The standard InChI is InChI=1S/C12H21N5O2/c1-16(10-5-3-9(7-18)4-6-10)12(19)15-11-13-8-14-17(11)2/h8-10,18H,3-7H2,1-2H3,(H,13,14,15,19). The van der Waals surface area contributed by atoms with Gasteiger partial charge in [0.15, 0.2) is 0 Å². The molecule has 0 spiro atoms. The summed E-state index contributed by atoms with van der Waals surface area (Å²) in [4.78, 5) is 17.8. The number of aromatic nitrogens is 3. The summed E-state index contributed by atoms with van der Waals surface area (Å²) >= 11 is 0. The molecule has 0 aliphatic heterocycles. The molecular formula is C12H21N5O2. The van der Waals surface area contributed by atoms with E-state index in [9.17, 15) is 4.79 Å². The molecule has 0 atom stereocenters. The van der Waals surface area contributed by atoms with Crippen molar-refractivity contribution in [3.05, 3.63) is 6.33 Å². The number of aliphatic hydroxyl groups excluding tert-OH is 1. The first-order valence-electron chi connectivity index (χ1n) is 6.60. The van der Waals surface area contributed by atoms with Crippen molar-refractivity contribution in [2.24, 2.45) is 13.0 Å². The molecule has 1 fully saturated rings. The van der Waals surface area contributed by atoms with Gasteiger partial charge < -0.3 is 10.0 Å². The van der Waals surface area contributed by atoms with E-state index in [-0.39, 0.29) is 18.7 Å². The van der Waals surface area contributed by atoms with Gasteiger partial charge in [-0.1, -0.05) is 0 Å². The average molecular weight is 267 g/mol. The van der Waals surface area contributed by atoms with Gasteiger partial charge in [-0.15, -0.1) is 0 Å². The second-order valence-electron chi connectivity index (χ2n) is 5.11. The van der Waals surface area contributed by atoms with Crippen molar-refractivity contribution in [2.45, 2.75) is 31.7 Å². The Balaban J connectivity index is 1.87. The molecule has 2 N–H and O–H groups in total. The van der Waals surface area contributed by atoms with Crippen LogP contribution in [0.1, 0.15) is 25.7 Å². The number of aliphatic hydroxyl groups is 1. The van der Waals surface area contributed by atoms with E-state index < -0.39 is 0 Å². The van der Waals surface area contributed by atoms with Crippen molar-refractivity contribution in [1.82, 2.24) is 19.7 Å². The smallest absolute Gasteiger partial charge is 0.324 e. The Morgan fingerprint density at radius 3 is 2.74 bits per heavy atom. The number of amides is 2. The van der Waals surface area contributed by atoms with Crippen molar-refractivity contribution in [3.8, 4) is 0 Å². The molecule has 0 unspecified atom stereocenters.